The maximum Gasteiger partial charge on any atom is 0.0491 e. The molecule has 1 aromatic rings. The topological polar surface area (TPSA) is 38.5 Å². The Morgan fingerprint density at radius 2 is 2.11 bits per heavy atom. The Balaban J connectivity index is 1.85. The Morgan fingerprint density at radius 1 is 1.39 bits per heavy atom. The number of piperidine rings is 1. The molecule has 1 heterocycles. The van der Waals surface area contributed by atoms with Crippen LogP contribution in [0.2, 0.25) is 0 Å². The average Bonchev–Trinajstić information content (AvgIpc) is 2.37. The Kier molecular flexibility index (Phi) is 5.03. The number of methoxy groups -OCH3 is 1. The molecule has 0 saturated carbocycles. The molecule has 0 aliphatic carbocycles. The van der Waals surface area contributed by atoms with E-state index in [4.69, 9.17) is 10.5 Å². The van der Waals surface area contributed by atoms with Gasteiger partial charge in [0, 0.05) is 30.4 Å². The number of ether oxygens (including phenoxy) is 1. The molecule has 3 nitrogen and oxygen atoms in total. The van der Waals surface area contributed by atoms with Crippen LogP contribution >= 0.6 is 15.9 Å². The molecular formula is C14H21BrN2O. The van der Waals surface area contributed by atoms with Crippen LogP contribution in [0.4, 0.5) is 5.69 Å². The zero-order valence-electron chi connectivity index (χ0n) is 10.9. The molecule has 100 valence electrons. The van der Waals surface area contributed by atoms with Crippen molar-refractivity contribution in [1.29, 1.82) is 0 Å². The third kappa shape index (κ3) is 3.70. The zero-order chi connectivity index (χ0) is 13.0. The number of anilines is 1. The van der Waals surface area contributed by atoms with Crippen LogP contribution in [0.15, 0.2) is 22.7 Å². The molecule has 0 unspecified atom stereocenters. The second kappa shape index (κ2) is 6.55. The molecular weight excluding hydrogens is 292 g/mol. The maximum atomic E-state index is 5.91. The molecule has 4 heteroatoms. The molecule has 1 aliphatic rings. The van der Waals surface area contributed by atoms with Gasteiger partial charge in [-0.1, -0.05) is 6.07 Å². The summed E-state index contributed by atoms with van der Waals surface area (Å²) in [5.74, 6) is 0.737. The van der Waals surface area contributed by atoms with Crippen molar-refractivity contribution in [1.82, 2.24) is 4.90 Å². The second-order valence-electron chi connectivity index (χ2n) is 5.03. The second-order valence-corrected chi connectivity index (χ2v) is 5.89. The first-order valence-corrected chi connectivity index (χ1v) is 7.23. The molecule has 1 aromatic carbocycles. The fourth-order valence-electron chi connectivity index (χ4n) is 2.50. The van der Waals surface area contributed by atoms with Gasteiger partial charge in [0.25, 0.3) is 0 Å². The van der Waals surface area contributed by atoms with Crippen LogP contribution in [-0.2, 0) is 11.3 Å². The molecule has 2 N–H and O–H groups in total. The van der Waals surface area contributed by atoms with Crippen LogP contribution in [0.1, 0.15) is 18.4 Å². The maximum absolute atomic E-state index is 5.91. The van der Waals surface area contributed by atoms with E-state index in [1.165, 1.54) is 18.4 Å². The van der Waals surface area contributed by atoms with E-state index in [-0.39, 0.29) is 0 Å². The van der Waals surface area contributed by atoms with Crippen molar-refractivity contribution in [2.45, 2.75) is 19.4 Å². The molecule has 0 spiro atoms. The summed E-state index contributed by atoms with van der Waals surface area (Å²) in [5, 5.41) is 0. The number of hydrogen-bond acceptors (Lipinski definition) is 3. The predicted octanol–water partition coefficient (Wildman–Crippen LogP) is 2.89. The highest BCUT2D eigenvalue weighted by Gasteiger charge is 2.19. The molecule has 1 fully saturated rings. The van der Waals surface area contributed by atoms with Gasteiger partial charge < -0.3 is 10.5 Å². The lowest BCUT2D eigenvalue weighted by molar-refractivity contribution is 0.0968. The standard InChI is InChI=1S/C14H21BrN2O/c1-18-10-11-4-6-17(7-5-11)9-12-2-3-13(15)14(16)8-12/h2-3,8,11H,4-7,9-10,16H2,1H3. The minimum absolute atomic E-state index is 0.737. The molecule has 0 radical (unpaired) electrons. The molecule has 1 saturated heterocycles. The summed E-state index contributed by atoms with van der Waals surface area (Å²) in [6.07, 6.45) is 2.47. The van der Waals surface area contributed by atoms with E-state index >= 15 is 0 Å². The number of nitrogens with zero attached hydrogens (tertiary/aromatic N) is 1. The van der Waals surface area contributed by atoms with E-state index in [1.807, 2.05) is 6.07 Å². The summed E-state index contributed by atoms with van der Waals surface area (Å²) < 4.78 is 6.20. The summed E-state index contributed by atoms with van der Waals surface area (Å²) in [7, 11) is 1.79. The van der Waals surface area contributed by atoms with Crippen molar-refractivity contribution in [3.8, 4) is 0 Å². The van der Waals surface area contributed by atoms with E-state index in [9.17, 15) is 0 Å². The number of nitrogens with two attached hydrogens (primary N) is 1. The van der Waals surface area contributed by atoms with E-state index in [2.05, 4.69) is 33.0 Å². The molecule has 0 atom stereocenters. The number of benzene rings is 1. The third-order valence-corrected chi connectivity index (χ3v) is 4.30. The van der Waals surface area contributed by atoms with E-state index < -0.39 is 0 Å². The molecule has 18 heavy (non-hydrogen) atoms. The normalized spacial score (nSPS) is 18.1. The largest absolute Gasteiger partial charge is 0.398 e. The highest BCUT2D eigenvalue weighted by molar-refractivity contribution is 9.10. The summed E-state index contributed by atoms with van der Waals surface area (Å²) in [6.45, 7) is 4.21. The number of likely N-dealkylation sites (tertiary alicyclic amines) is 1. The predicted molar refractivity (Wildman–Crippen MR) is 78.4 cm³/mol. The number of rotatable bonds is 4. The van der Waals surface area contributed by atoms with Gasteiger partial charge in [-0.3, -0.25) is 4.90 Å². The fourth-order valence-corrected chi connectivity index (χ4v) is 2.74. The SMILES string of the molecule is COCC1CCN(Cc2ccc(Br)c(N)c2)CC1. The number of hydrogen-bond donors (Lipinski definition) is 1. The van der Waals surface area contributed by atoms with E-state index in [0.29, 0.717) is 0 Å². The smallest absolute Gasteiger partial charge is 0.0491 e. The lowest BCUT2D eigenvalue weighted by Crippen LogP contribution is -2.34. The van der Waals surface area contributed by atoms with Crippen molar-refractivity contribution in [2.75, 3.05) is 32.5 Å². The Hall–Kier alpha value is -0.580. The lowest BCUT2D eigenvalue weighted by Gasteiger charge is -2.31. The van der Waals surface area contributed by atoms with Gasteiger partial charge in [-0.2, -0.15) is 0 Å². The highest BCUT2D eigenvalue weighted by Crippen LogP contribution is 2.23. The van der Waals surface area contributed by atoms with E-state index in [0.717, 1.165) is 42.3 Å². The van der Waals surface area contributed by atoms with Gasteiger partial charge in [0.2, 0.25) is 0 Å². The lowest BCUT2D eigenvalue weighted by atomic mass is 9.97. The summed E-state index contributed by atoms with van der Waals surface area (Å²) in [6, 6.07) is 6.23. The Bertz CT molecular complexity index is 389. The molecule has 1 aliphatic heterocycles. The molecule has 2 rings (SSSR count). The van der Waals surface area contributed by atoms with E-state index in [1.54, 1.807) is 7.11 Å². The summed E-state index contributed by atoms with van der Waals surface area (Å²) >= 11 is 3.43. The average molecular weight is 313 g/mol. The monoisotopic (exact) mass is 312 g/mol. The minimum atomic E-state index is 0.737. The molecule has 0 bridgehead atoms. The van der Waals surface area contributed by atoms with Gasteiger partial charge >= 0.3 is 0 Å². The van der Waals surface area contributed by atoms with Gasteiger partial charge in [-0.05, 0) is 65.5 Å². The van der Waals surface area contributed by atoms with Crippen molar-refractivity contribution < 1.29 is 4.74 Å². The Labute approximate surface area is 117 Å². The fraction of sp³-hybridized carbons (Fsp3) is 0.571. The van der Waals surface area contributed by atoms with Gasteiger partial charge in [0.05, 0.1) is 0 Å². The van der Waals surface area contributed by atoms with Crippen LogP contribution in [-0.4, -0.2) is 31.7 Å². The molecule has 0 amide bonds. The Morgan fingerprint density at radius 3 is 2.72 bits per heavy atom. The zero-order valence-corrected chi connectivity index (χ0v) is 12.4. The van der Waals surface area contributed by atoms with Gasteiger partial charge in [0.1, 0.15) is 0 Å². The van der Waals surface area contributed by atoms with Crippen LogP contribution in [0.5, 0.6) is 0 Å². The van der Waals surface area contributed by atoms with Crippen molar-refractivity contribution in [3.63, 3.8) is 0 Å². The van der Waals surface area contributed by atoms with Gasteiger partial charge in [-0.25, -0.2) is 0 Å². The van der Waals surface area contributed by atoms with Crippen LogP contribution in [0.25, 0.3) is 0 Å². The van der Waals surface area contributed by atoms with Crippen LogP contribution in [0.3, 0.4) is 0 Å². The van der Waals surface area contributed by atoms with Crippen LogP contribution < -0.4 is 5.73 Å². The summed E-state index contributed by atoms with van der Waals surface area (Å²) in [5.41, 5.74) is 8.02. The summed E-state index contributed by atoms with van der Waals surface area (Å²) in [4.78, 5) is 2.49. The first-order chi connectivity index (χ1) is 8.69. The number of nitrogen functional groups attached to an aromatic ring is 1. The van der Waals surface area contributed by atoms with Crippen molar-refractivity contribution in [2.24, 2.45) is 5.92 Å². The first kappa shape index (κ1) is 13.8. The van der Waals surface area contributed by atoms with Crippen LogP contribution in [0, 0.1) is 5.92 Å². The van der Waals surface area contributed by atoms with Gasteiger partial charge in [-0.15, -0.1) is 0 Å². The van der Waals surface area contributed by atoms with Crippen molar-refractivity contribution in [3.05, 3.63) is 28.2 Å². The highest BCUT2D eigenvalue weighted by atomic mass is 79.9. The van der Waals surface area contributed by atoms with Crippen molar-refractivity contribution >= 4 is 21.6 Å². The minimum Gasteiger partial charge on any atom is -0.398 e. The number of halogens is 1. The third-order valence-electron chi connectivity index (χ3n) is 3.58. The quantitative estimate of drug-likeness (QED) is 0.869. The van der Waals surface area contributed by atoms with Gasteiger partial charge in [0.15, 0.2) is 0 Å². The molecule has 0 aromatic heterocycles. The first-order valence-electron chi connectivity index (χ1n) is 6.44.